The van der Waals surface area contributed by atoms with Crippen LogP contribution in [0, 0.1) is 9.49 Å². The molecule has 1 aromatic carbocycles. The number of carbonyl (C=O) groups excluding carboxylic acids is 1. The first-order valence-corrected chi connectivity index (χ1v) is 8.03. The van der Waals surface area contributed by atoms with E-state index in [0.717, 1.165) is 20.9 Å². The van der Waals surface area contributed by atoms with Crippen LogP contribution in [0.4, 0.5) is 0 Å². The van der Waals surface area contributed by atoms with Gasteiger partial charge >= 0.3 is 0 Å². The summed E-state index contributed by atoms with van der Waals surface area (Å²) in [7, 11) is 0. The normalized spacial score (nSPS) is 23.6. The lowest BCUT2D eigenvalue weighted by Gasteiger charge is -2.19. The molecule has 1 amide bonds. The number of hydrogen-bond donors (Lipinski definition) is 1. The lowest BCUT2D eigenvalue weighted by molar-refractivity contribution is 0.0930. The number of rotatable bonds is 3. The monoisotopic (exact) mass is 407 g/mol. The zero-order valence-corrected chi connectivity index (χ0v) is 13.2. The summed E-state index contributed by atoms with van der Waals surface area (Å²) in [6, 6.07) is 8.03. The highest BCUT2D eigenvalue weighted by molar-refractivity contribution is 14.1. The van der Waals surface area contributed by atoms with Crippen molar-refractivity contribution in [1.29, 1.82) is 0 Å². The highest BCUT2D eigenvalue weighted by Gasteiger charge is 2.27. The number of benzene rings is 1. The van der Waals surface area contributed by atoms with Crippen LogP contribution in [0.3, 0.4) is 0 Å². The summed E-state index contributed by atoms with van der Waals surface area (Å²) in [6.45, 7) is 0. The minimum Gasteiger partial charge on any atom is -0.349 e. The molecule has 2 atom stereocenters. The van der Waals surface area contributed by atoms with Gasteiger partial charge in [-0.25, -0.2) is 0 Å². The minimum absolute atomic E-state index is 0.0549. The number of carbonyl (C=O) groups is 1. The SMILES string of the molecule is O=C(NC1CCCC1CBr)c1ccc(I)cc1. The average Bonchev–Trinajstić information content (AvgIpc) is 2.77. The fraction of sp³-hybridized carbons (Fsp3) is 0.462. The third kappa shape index (κ3) is 3.44. The van der Waals surface area contributed by atoms with E-state index in [9.17, 15) is 4.79 Å². The Balaban J connectivity index is 1.99. The molecule has 0 radical (unpaired) electrons. The van der Waals surface area contributed by atoms with Crippen LogP contribution >= 0.6 is 38.5 Å². The molecule has 1 aromatic rings. The molecule has 17 heavy (non-hydrogen) atoms. The van der Waals surface area contributed by atoms with Crippen molar-refractivity contribution in [3.05, 3.63) is 33.4 Å². The zero-order valence-electron chi connectivity index (χ0n) is 9.46. The molecular weight excluding hydrogens is 393 g/mol. The second kappa shape index (κ2) is 6.18. The molecule has 0 heterocycles. The molecule has 0 spiro atoms. The molecule has 0 bridgehead atoms. The topological polar surface area (TPSA) is 29.1 Å². The van der Waals surface area contributed by atoms with Crippen molar-refractivity contribution >= 4 is 44.4 Å². The fourth-order valence-corrected chi connectivity index (χ4v) is 3.40. The molecule has 1 aliphatic carbocycles. The predicted octanol–water partition coefficient (Wildman–Crippen LogP) is 3.58. The van der Waals surface area contributed by atoms with Crippen LogP contribution < -0.4 is 5.32 Å². The average molecular weight is 408 g/mol. The molecule has 2 nitrogen and oxygen atoms in total. The first-order valence-electron chi connectivity index (χ1n) is 5.83. The highest BCUT2D eigenvalue weighted by atomic mass is 127. The van der Waals surface area contributed by atoms with Crippen LogP contribution in [0.2, 0.25) is 0 Å². The van der Waals surface area contributed by atoms with Gasteiger partial charge in [0.2, 0.25) is 0 Å². The summed E-state index contributed by atoms with van der Waals surface area (Å²) in [6.07, 6.45) is 3.53. The van der Waals surface area contributed by atoms with Crippen molar-refractivity contribution in [2.24, 2.45) is 5.92 Å². The largest absolute Gasteiger partial charge is 0.349 e. The van der Waals surface area contributed by atoms with E-state index in [0.29, 0.717) is 12.0 Å². The van der Waals surface area contributed by atoms with Crippen LogP contribution in [0.25, 0.3) is 0 Å². The molecule has 2 unspecified atom stereocenters. The molecular formula is C13H15BrINO. The Bertz CT molecular complexity index is 393. The van der Waals surface area contributed by atoms with Crippen LogP contribution in [0.15, 0.2) is 24.3 Å². The number of nitrogens with one attached hydrogen (secondary N) is 1. The van der Waals surface area contributed by atoms with Crippen molar-refractivity contribution in [3.8, 4) is 0 Å². The number of halogens is 2. The maximum absolute atomic E-state index is 12.0. The van der Waals surface area contributed by atoms with Crippen LogP contribution in [-0.4, -0.2) is 17.3 Å². The summed E-state index contributed by atoms with van der Waals surface area (Å²) in [5.41, 5.74) is 0.755. The van der Waals surface area contributed by atoms with Gasteiger partial charge < -0.3 is 5.32 Å². The highest BCUT2D eigenvalue weighted by Crippen LogP contribution is 2.27. The number of alkyl halides is 1. The molecule has 0 aliphatic heterocycles. The van der Waals surface area contributed by atoms with Crippen molar-refractivity contribution < 1.29 is 4.79 Å². The first kappa shape index (κ1) is 13.3. The molecule has 92 valence electrons. The summed E-state index contributed by atoms with van der Waals surface area (Å²) in [5, 5.41) is 4.12. The maximum Gasteiger partial charge on any atom is 0.251 e. The van der Waals surface area contributed by atoms with E-state index >= 15 is 0 Å². The van der Waals surface area contributed by atoms with Gasteiger partial charge in [0.25, 0.3) is 5.91 Å². The Labute approximate surface area is 124 Å². The van der Waals surface area contributed by atoms with Crippen LogP contribution in [0.1, 0.15) is 29.6 Å². The lowest BCUT2D eigenvalue weighted by Crippen LogP contribution is -2.37. The third-order valence-electron chi connectivity index (χ3n) is 3.28. The number of amides is 1. The zero-order chi connectivity index (χ0) is 12.3. The van der Waals surface area contributed by atoms with Gasteiger partial charge in [-0.05, 0) is 65.6 Å². The molecule has 1 fully saturated rings. The number of hydrogen-bond acceptors (Lipinski definition) is 1. The van der Waals surface area contributed by atoms with Gasteiger partial charge in [0.1, 0.15) is 0 Å². The second-order valence-corrected chi connectivity index (χ2v) is 6.33. The second-order valence-electron chi connectivity index (χ2n) is 4.43. The van der Waals surface area contributed by atoms with E-state index in [2.05, 4.69) is 43.8 Å². The summed E-state index contributed by atoms with van der Waals surface area (Å²) < 4.78 is 1.15. The van der Waals surface area contributed by atoms with E-state index in [1.807, 2.05) is 24.3 Å². The summed E-state index contributed by atoms with van der Waals surface area (Å²) in [5.74, 6) is 0.641. The Hall–Kier alpha value is -0.100. The first-order chi connectivity index (χ1) is 8.20. The maximum atomic E-state index is 12.0. The van der Waals surface area contributed by atoms with Crippen molar-refractivity contribution in [2.75, 3.05) is 5.33 Å². The Kier molecular flexibility index (Phi) is 4.85. The van der Waals surface area contributed by atoms with Gasteiger partial charge in [0, 0.05) is 20.5 Å². The molecule has 1 aliphatic rings. The Morgan fingerprint density at radius 2 is 2.06 bits per heavy atom. The van der Waals surface area contributed by atoms with Gasteiger partial charge in [-0.2, -0.15) is 0 Å². The van der Waals surface area contributed by atoms with Gasteiger partial charge in [-0.15, -0.1) is 0 Å². The lowest BCUT2D eigenvalue weighted by atomic mass is 10.1. The van der Waals surface area contributed by atoms with Crippen molar-refractivity contribution in [2.45, 2.75) is 25.3 Å². The minimum atomic E-state index is 0.0549. The Morgan fingerprint density at radius 1 is 1.35 bits per heavy atom. The molecule has 0 aromatic heterocycles. The third-order valence-corrected chi connectivity index (χ3v) is 4.83. The van der Waals surface area contributed by atoms with E-state index in [1.165, 1.54) is 12.8 Å². The smallest absolute Gasteiger partial charge is 0.251 e. The molecule has 1 N–H and O–H groups in total. The standard InChI is InChI=1S/C13H15BrINO/c14-8-10-2-1-3-12(10)16-13(17)9-4-6-11(15)7-5-9/h4-7,10,12H,1-3,8H2,(H,16,17). The molecule has 1 saturated carbocycles. The van der Waals surface area contributed by atoms with Crippen LogP contribution in [-0.2, 0) is 0 Å². The van der Waals surface area contributed by atoms with E-state index in [1.54, 1.807) is 0 Å². The van der Waals surface area contributed by atoms with Crippen molar-refractivity contribution in [3.63, 3.8) is 0 Å². The van der Waals surface area contributed by atoms with Gasteiger partial charge in [-0.1, -0.05) is 22.4 Å². The fourth-order valence-electron chi connectivity index (χ4n) is 2.26. The van der Waals surface area contributed by atoms with Crippen molar-refractivity contribution in [1.82, 2.24) is 5.32 Å². The van der Waals surface area contributed by atoms with E-state index in [4.69, 9.17) is 0 Å². The summed E-state index contributed by atoms with van der Waals surface area (Å²) in [4.78, 5) is 12.0. The van der Waals surface area contributed by atoms with Gasteiger partial charge in [0.15, 0.2) is 0 Å². The van der Waals surface area contributed by atoms with Gasteiger partial charge in [0.05, 0.1) is 0 Å². The van der Waals surface area contributed by atoms with Crippen LogP contribution in [0.5, 0.6) is 0 Å². The molecule has 2 rings (SSSR count). The predicted molar refractivity (Wildman–Crippen MR) is 81.5 cm³/mol. The molecule has 0 saturated heterocycles. The summed E-state index contributed by atoms with van der Waals surface area (Å²) >= 11 is 5.76. The molecule has 4 heteroatoms. The van der Waals surface area contributed by atoms with Gasteiger partial charge in [-0.3, -0.25) is 4.79 Å². The quantitative estimate of drug-likeness (QED) is 0.602. The van der Waals surface area contributed by atoms with E-state index in [-0.39, 0.29) is 5.91 Å². The Morgan fingerprint density at radius 3 is 2.71 bits per heavy atom. The van der Waals surface area contributed by atoms with E-state index < -0.39 is 0 Å².